The van der Waals surface area contributed by atoms with Crippen molar-refractivity contribution in [3.8, 4) is 0 Å². The summed E-state index contributed by atoms with van der Waals surface area (Å²) in [4.78, 5) is 1.50. The van der Waals surface area contributed by atoms with Crippen molar-refractivity contribution in [3.63, 3.8) is 0 Å². The Labute approximate surface area is 78.5 Å². The highest BCUT2D eigenvalue weighted by molar-refractivity contribution is 4.79. The molecule has 1 aromatic heterocycles. The summed E-state index contributed by atoms with van der Waals surface area (Å²) in [5.41, 5.74) is 0. The first-order valence-electron chi connectivity index (χ1n) is 4.66. The first-order chi connectivity index (χ1) is 6.22. The molecular formula is C8H17N5. The van der Waals surface area contributed by atoms with E-state index in [1.54, 1.807) is 7.05 Å². The molecule has 1 atom stereocenters. The Morgan fingerprint density at radius 3 is 2.85 bits per heavy atom. The Bertz CT molecular complexity index is 244. The molecule has 0 saturated carbocycles. The lowest BCUT2D eigenvalue weighted by Gasteiger charge is -2.08. The lowest BCUT2D eigenvalue weighted by atomic mass is 10.1. The molecule has 1 N–H and O–H groups in total. The van der Waals surface area contributed by atoms with Gasteiger partial charge in [0.2, 0.25) is 0 Å². The van der Waals surface area contributed by atoms with Crippen molar-refractivity contribution in [2.75, 3.05) is 13.1 Å². The Kier molecular flexibility index (Phi) is 3.82. The van der Waals surface area contributed by atoms with Gasteiger partial charge in [0.1, 0.15) is 0 Å². The second kappa shape index (κ2) is 4.91. The molecule has 0 bridgehead atoms. The van der Waals surface area contributed by atoms with Gasteiger partial charge in [0, 0.05) is 6.42 Å². The van der Waals surface area contributed by atoms with Gasteiger partial charge in [-0.05, 0) is 24.2 Å². The minimum Gasteiger partial charge on any atom is -0.317 e. The molecule has 13 heavy (non-hydrogen) atoms. The fourth-order valence-electron chi connectivity index (χ4n) is 1.18. The van der Waals surface area contributed by atoms with Crippen LogP contribution in [-0.2, 0) is 13.5 Å². The molecule has 5 nitrogen and oxygen atoms in total. The molecule has 0 fully saturated rings. The summed E-state index contributed by atoms with van der Waals surface area (Å²) in [5, 5.41) is 15.1. The van der Waals surface area contributed by atoms with E-state index < -0.39 is 0 Å². The van der Waals surface area contributed by atoms with Crippen molar-refractivity contribution in [2.24, 2.45) is 13.0 Å². The van der Waals surface area contributed by atoms with Crippen LogP contribution in [0.4, 0.5) is 0 Å². The molecule has 1 rings (SSSR count). The van der Waals surface area contributed by atoms with E-state index in [4.69, 9.17) is 0 Å². The number of nitrogens with zero attached hydrogens (tertiary/aromatic N) is 4. The van der Waals surface area contributed by atoms with E-state index in [1.807, 2.05) is 0 Å². The predicted molar refractivity (Wildman–Crippen MR) is 50.2 cm³/mol. The Balaban J connectivity index is 2.31. The molecule has 0 aliphatic rings. The summed E-state index contributed by atoms with van der Waals surface area (Å²) in [6.45, 7) is 6.30. The monoisotopic (exact) mass is 183 g/mol. The fraction of sp³-hybridized carbons (Fsp3) is 0.875. The number of nitrogens with one attached hydrogen (secondary N) is 1. The summed E-state index contributed by atoms with van der Waals surface area (Å²) in [6.07, 6.45) is 0.890. The normalized spacial score (nSPS) is 13.2. The number of hydrogen-bond acceptors (Lipinski definition) is 4. The molecule has 0 radical (unpaired) electrons. The highest BCUT2D eigenvalue weighted by Crippen LogP contribution is 2.00. The number of hydrogen-bond donors (Lipinski definition) is 1. The molecule has 0 aliphatic carbocycles. The predicted octanol–water partition coefficient (Wildman–Crippen LogP) is -0.00180. The van der Waals surface area contributed by atoms with Crippen LogP contribution in [0.15, 0.2) is 0 Å². The van der Waals surface area contributed by atoms with E-state index in [9.17, 15) is 0 Å². The minimum absolute atomic E-state index is 0.559. The van der Waals surface area contributed by atoms with Crippen LogP contribution in [0.25, 0.3) is 0 Å². The summed E-state index contributed by atoms with van der Waals surface area (Å²) in [7, 11) is 1.78. The number of tetrazole rings is 1. The van der Waals surface area contributed by atoms with Crippen molar-refractivity contribution in [1.82, 2.24) is 25.5 Å². The van der Waals surface area contributed by atoms with Gasteiger partial charge in [0.25, 0.3) is 0 Å². The minimum atomic E-state index is 0.559. The van der Waals surface area contributed by atoms with Crippen LogP contribution in [-0.4, -0.2) is 33.3 Å². The molecule has 1 unspecified atom stereocenters. The van der Waals surface area contributed by atoms with E-state index in [0.29, 0.717) is 5.92 Å². The second-order valence-electron chi connectivity index (χ2n) is 3.31. The zero-order valence-corrected chi connectivity index (χ0v) is 8.49. The third-order valence-electron chi connectivity index (χ3n) is 1.82. The van der Waals surface area contributed by atoms with Gasteiger partial charge in [-0.2, -0.15) is 4.80 Å². The zero-order valence-electron chi connectivity index (χ0n) is 8.49. The maximum absolute atomic E-state index is 4.13. The molecule has 1 heterocycles. The van der Waals surface area contributed by atoms with Crippen molar-refractivity contribution in [2.45, 2.75) is 20.3 Å². The summed E-state index contributed by atoms with van der Waals surface area (Å²) >= 11 is 0. The molecule has 0 saturated heterocycles. The number of aromatic nitrogens is 4. The highest BCUT2D eigenvalue weighted by atomic mass is 15.6. The molecule has 0 aromatic carbocycles. The van der Waals surface area contributed by atoms with Crippen LogP contribution < -0.4 is 5.32 Å². The average molecular weight is 183 g/mol. The fourth-order valence-corrected chi connectivity index (χ4v) is 1.18. The van der Waals surface area contributed by atoms with Crippen molar-refractivity contribution >= 4 is 0 Å². The van der Waals surface area contributed by atoms with Crippen molar-refractivity contribution < 1.29 is 0 Å². The van der Waals surface area contributed by atoms with Gasteiger partial charge in [-0.15, -0.1) is 10.2 Å². The topological polar surface area (TPSA) is 55.6 Å². The molecule has 0 aliphatic heterocycles. The molecule has 74 valence electrons. The van der Waals surface area contributed by atoms with Crippen LogP contribution in [0.2, 0.25) is 0 Å². The Morgan fingerprint density at radius 2 is 2.31 bits per heavy atom. The van der Waals surface area contributed by atoms with E-state index >= 15 is 0 Å². The van der Waals surface area contributed by atoms with Gasteiger partial charge in [0.15, 0.2) is 5.82 Å². The Hall–Kier alpha value is -0.970. The molecule has 5 heteroatoms. The first kappa shape index (κ1) is 10.1. The van der Waals surface area contributed by atoms with Crippen molar-refractivity contribution in [1.29, 1.82) is 0 Å². The largest absolute Gasteiger partial charge is 0.317 e. The standard InChI is InChI=1S/C8H17N5/c1-4-9-6-7(2)5-8-10-12-13(3)11-8/h7,9H,4-6H2,1-3H3. The maximum atomic E-state index is 4.13. The van der Waals surface area contributed by atoms with E-state index in [1.165, 1.54) is 4.80 Å². The third-order valence-corrected chi connectivity index (χ3v) is 1.82. The van der Waals surface area contributed by atoms with Gasteiger partial charge < -0.3 is 5.32 Å². The van der Waals surface area contributed by atoms with Gasteiger partial charge >= 0.3 is 0 Å². The quantitative estimate of drug-likeness (QED) is 0.698. The van der Waals surface area contributed by atoms with Crippen LogP contribution >= 0.6 is 0 Å². The number of rotatable bonds is 5. The van der Waals surface area contributed by atoms with Crippen LogP contribution in [0.5, 0.6) is 0 Å². The van der Waals surface area contributed by atoms with Crippen LogP contribution in [0.3, 0.4) is 0 Å². The van der Waals surface area contributed by atoms with Crippen LogP contribution in [0.1, 0.15) is 19.7 Å². The van der Waals surface area contributed by atoms with Gasteiger partial charge in [-0.3, -0.25) is 0 Å². The summed E-state index contributed by atoms with van der Waals surface area (Å²) in [5.74, 6) is 1.39. The third kappa shape index (κ3) is 3.50. The summed E-state index contributed by atoms with van der Waals surface area (Å²) < 4.78 is 0. The average Bonchev–Trinajstić information content (AvgIpc) is 2.48. The van der Waals surface area contributed by atoms with Crippen molar-refractivity contribution in [3.05, 3.63) is 5.82 Å². The van der Waals surface area contributed by atoms with Gasteiger partial charge in [-0.1, -0.05) is 13.8 Å². The SMILES string of the molecule is CCNCC(C)Cc1nnn(C)n1. The first-order valence-corrected chi connectivity index (χ1v) is 4.66. The lowest BCUT2D eigenvalue weighted by Crippen LogP contribution is -2.22. The Morgan fingerprint density at radius 1 is 1.54 bits per heavy atom. The molecule has 0 spiro atoms. The lowest BCUT2D eigenvalue weighted by molar-refractivity contribution is 0.508. The van der Waals surface area contributed by atoms with E-state index in [2.05, 4.69) is 34.6 Å². The van der Waals surface area contributed by atoms with Gasteiger partial charge in [0.05, 0.1) is 7.05 Å². The van der Waals surface area contributed by atoms with E-state index in [-0.39, 0.29) is 0 Å². The van der Waals surface area contributed by atoms with E-state index in [0.717, 1.165) is 25.3 Å². The van der Waals surface area contributed by atoms with Gasteiger partial charge in [-0.25, -0.2) is 0 Å². The summed E-state index contributed by atoms with van der Waals surface area (Å²) in [6, 6.07) is 0. The maximum Gasteiger partial charge on any atom is 0.175 e. The molecule has 1 aromatic rings. The van der Waals surface area contributed by atoms with Crippen LogP contribution in [0, 0.1) is 5.92 Å². The zero-order chi connectivity index (χ0) is 9.68. The second-order valence-corrected chi connectivity index (χ2v) is 3.31. The molecule has 0 amide bonds. The highest BCUT2D eigenvalue weighted by Gasteiger charge is 2.06. The molecular weight excluding hydrogens is 166 g/mol. The smallest absolute Gasteiger partial charge is 0.175 e. The number of aryl methyl sites for hydroxylation is 1.